The molecule has 5 heteroatoms. The Morgan fingerprint density at radius 1 is 1.16 bits per heavy atom. The Balaban J connectivity index is 2.22. The Labute approximate surface area is 108 Å². The van der Waals surface area contributed by atoms with E-state index in [1.54, 1.807) is 6.07 Å². The van der Waals surface area contributed by atoms with Crippen LogP contribution in [0.2, 0.25) is 0 Å². The van der Waals surface area contributed by atoms with Gasteiger partial charge in [-0.1, -0.05) is 12.1 Å². The Morgan fingerprint density at radius 3 is 2.58 bits per heavy atom. The molecule has 0 saturated heterocycles. The molecule has 0 fully saturated rings. The molecule has 2 rings (SSSR count). The number of aromatic carboxylic acids is 1. The van der Waals surface area contributed by atoms with Crippen LogP contribution in [0.5, 0.6) is 5.75 Å². The lowest BCUT2D eigenvalue weighted by molar-refractivity contribution is 0.0694. The van der Waals surface area contributed by atoms with Crippen molar-refractivity contribution in [3.05, 3.63) is 65.2 Å². The van der Waals surface area contributed by atoms with Crippen molar-refractivity contribution in [3.63, 3.8) is 0 Å². The Morgan fingerprint density at radius 2 is 1.89 bits per heavy atom. The molecule has 98 valence electrons. The minimum atomic E-state index is -1.19. The largest absolute Gasteiger partial charge is 0.486 e. The SMILES string of the molecule is O=C(O)c1ccc(F)cc1COc1ccccc1F. The van der Waals surface area contributed by atoms with Crippen LogP contribution < -0.4 is 4.74 Å². The van der Waals surface area contributed by atoms with E-state index in [0.717, 1.165) is 18.2 Å². The Kier molecular flexibility index (Phi) is 3.75. The van der Waals surface area contributed by atoms with Gasteiger partial charge in [0.2, 0.25) is 0 Å². The van der Waals surface area contributed by atoms with Crippen molar-refractivity contribution in [2.45, 2.75) is 6.61 Å². The number of para-hydroxylation sites is 1. The van der Waals surface area contributed by atoms with Crippen molar-refractivity contribution in [1.29, 1.82) is 0 Å². The third-order valence-electron chi connectivity index (χ3n) is 2.52. The molecule has 2 aromatic rings. The highest BCUT2D eigenvalue weighted by Gasteiger charge is 2.12. The van der Waals surface area contributed by atoms with Gasteiger partial charge in [0, 0.05) is 5.56 Å². The summed E-state index contributed by atoms with van der Waals surface area (Å²) in [7, 11) is 0. The number of rotatable bonds is 4. The van der Waals surface area contributed by atoms with Crippen molar-refractivity contribution in [2.75, 3.05) is 0 Å². The summed E-state index contributed by atoms with van der Waals surface area (Å²) >= 11 is 0. The molecule has 0 atom stereocenters. The number of carbonyl (C=O) groups is 1. The normalized spacial score (nSPS) is 10.2. The van der Waals surface area contributed by atoms with Gasteiger partial charge < -0.3 is 9.84 Å². The van der Waals surface area contributed by atoms with Crippen molar-refractivity contribution in [2.24, 2.45) is 0 Å². The third kappa shape index (κ3) is 3.07. The predicted molar refractivity (Wildman–Crippen MR) is 64.1 cm³/mol. The molecule has 0 aliphatic rings. The highest BCUT2D eigenvalue weighted by Crippen LogP contribution is 2.19. The quantitative estimate of drug-likeness (QED) is 0.922. The van der Waals surface area contributed by atoms with Gasteiger partial charge in [-0.15, -0.1) is 0 Å². The fraction of sp³-hybridized carbons (Fsp3) is 0.0714. The number of ether oxygens (including phenoxy) is 1. The number of hydrogen-bond donors (Lipinski definition) is 1. The number of carboxylic acids is 1. The highest BCUT2D eigenvalue weighted by molar-refractivity contribution is 5.89. The fourth-order valence-corrected chi connectivity index (χ4v) is 1.61. The summed E-state index contributed by atoms with van der Waals surface area (Å²) in [5.74, 6) is -2.33. The summed E-state index contributed by atoms with van der Waals surface area (Å²) in [4.78, 5) is 11.0. The molecule has 0 bridgehead atoms. The molecule has 0 radical (unpaired) electrons. The number of hydrogen-bond acceptors (Lipinski definition) is 2. The maximum Gasteiger partial charge on any atom is 0.336 e. The van der Waals surface area contributed by atoms with E-state index >= 15 is 0 Å². The molecule has 0 aliphatic heterocycles. The first-order valence-electron chi connectivity index (χ1n) is 5.47. The van der Waals surface area contributed by atoms with E-state index in [1.165, 1.54) is 18.2 Å². The standard InChI is InChI=1S/C14H10F2O3/c15-10-5-6-11(14(17)18)9(7-10)8-19-13-4-2-1-3-12(13)16/h1-7H,8H2,(H,17,18). The molecule has 0 aliphatic carbocycles. The van der Waals surface area contributed by atoms with E-state index in [9.17, 15) is 13.6 Å². The van der Waals surface area contributed by atoms with Crippen LogP contribution in [0.3, 0.4) is 0 Å². The molecule has 0 spiro atoms. The summed E-state index contributed by atoms with van der Waals surface area (Å²) < 4.78 is 31.6. The zero-order valence-corrected chi connectivity index (χ0v) is 9.77. The van der Waals surface area contributed by atoms with Gasteiger partial charge in [-0.2, -0.15) is 0 Å². The zero-order chi connectivity index (χ0) is 13.8. The van der Waals surface area contributed by atoms with Gasteiger partial charge in [0.05, 0.1) is 5.56 Å². The van der Waals surface area contributed by atoms with Crippen LogP contribution in [0.25, 0.3) is 0 Å². The van der Waals surface area contributed by atoms with Crippen LogP contribution in [0.15, 0.2) is 42.5 Å². The number of halogens is 2. The molecule has 0 saturated carbocycles. The van der Waals surface area contributed by atoms with Gasteiger partial charge in [-0.05, 0) is 30.3 Å². The smallest absolute Gasteiger partial charge is 0.336 e. The molecular weight excluding hydrogens is 254 g/mol. The van der Waals surface area contributed by atoms with Crippen LogP contribution in [-0.2, 0) is 6.61 Å². The van der Waals surface area contributed by atoms with Crippen molar-refractivity contribution in [3.8, 4) is 5.75 Å². The van der Waals surface area contributed by atoms with Crippen molar-refractivity contribution in [1.82, 2.24) is 0 Å². The lowest BCUT2D eigenvalue weighted by atomic mass is 10.1. The number of carboxylic acid groups (broad SMARTS) is 1. The van der Waals surface area contributed by atoms with Gasteiger partial charge in [-0.25, -0.2) is 13.6 Å². The molecule has 2 aromatic carbocycles. The van der Waals surface area contributed by atoms with E-state index in [1.807, 2.05) is 0 Å². The van der Waals surface area contributed by atoms with Gasteiger partial charge in [0.25, 0.3) is 0 Å². The average Bonchev–Trinajstić information content (AvgIpc) is 2.37. The second-order valence-corrected chi connectivity index (χ2v) is 3.83. The molecule has 0 aromatic heterocycles. The van der Waals surface area contributed by atoms with Gasteiger partial charge in [0.15, 0.2) is 11.6 Å². The first kappa shape index (κ1) is 13.0. The first-order valence-corrected chi connectivity index (χ1v) is 5.47. The van der Waals surface area contributed by atoms with E-state index in [2.05, 4.69) is 0 Å². The third-order valence-corrected chi connectivity index (χ3v) is 2.52. The molecule has 19 heavy (non-hydrogen) atoms. The lowest BCUT2D eigenvalue weighted by Crippen LogP contribution is -2.06. The fourth-order valence-electron chi connectivity index (χ4n) is 1.61. The molecule has 3 nitrogen and oxygen atoms in total. The lowest BCUT2D eigenvalue weighted by Gasteiger charge is -2.09. The van der Waals surface area contributed by atoms with Gasteiger partial charge in [-0.3, -0.25) is 0 Å². The minimum absolute atomic E-state index is 0.0110. The van der Waals surface area contributed by atoms with E-state index < -0.39 is 17.6 Å². The van der Waals surface area contributed by atoms with E-state index in [0.29, 0.717) is 0 Å². The second-order valence-electron chi connectivity index (χ2n) is 3.83. The van der Waals surface area contributed by atoms with E-state index in [-0.39, 0.29) is 23.5 Å². The topological polar surface area (TPSA) is 46.5 Å². The molecule has 1 N–H and O–H groups in total. The zero-order valence-electron chi connectivity index (χ0n) is 9.77. The summed E-state index contributed by atoms with van der Waals surface area (Å²) in [6, 6.07) is 8.99. The maximum atomic E-state index is 13.3. The second kappa shape index (κ2) is 5.48. The first-order chi connectivity index (χ1) is 9.08. The number of benzene rings is 2. The monoisotopic (exact) mass is 264 g/mol. The van der Waals surface area contributed by atoms with Crippen LogP contribution >= 0.6 is 0 Å². The molecule has 0 heterocycles. The van der Waals surface area contributed by atoms with Crippen LogP contribution in [0.4, 0.5) is 8.78 Å². The Bertz CT molecular complexity index is 611. The minimum Gasteiger partial charge on any atom is -0.486 e. The highest BCUT2D eigenvalue weighted by atomic mass is 19.1. The molecule has 0 amide bonds. The Hall–Kier alpha value is -2.43. The predicted octanol–water partition coefficient (Wildman–Crippen LogP) is 3.24. The van der Waals surface area contributed by atoms with Crippen LogP contribution in [0.1, 0.15) is 15.9 Å². The molecular formula is C14H10F2O3. The summed E-state index contributed by atoms with van der Waals surface area (Å²) in [5, 5.41) is 8.96. The van der Waals surface area contributed by atoms with Crippen molar-refractivity contribution >= 4 is 5.97 Å². The van der Waals surface area contributed by atoms with Gasteiger partial charge in [0.1, 0.15) is 12.4 Å². The molecule has 0 unspecified atom stereocenters. The van der Waals surface area contributed by atoms with E-state index in [4.69, 9.17) is 9.84 Å². The van der Waals surface area contributed by atoms with Crippen molar-refractivity contribution < 1.29 is 23.4 Å². The summed E-state index contributed by atoms with van der Waals surface area (Å²) in [6.07, 6.45) is 0. The van der Waals surface area contributed by atoms with Crippen LogP contribution in [0, 0.1) is 11.6 Å². The summed E-state index contributed by atoms with van der Waals surface area (Å²) in [5.41, 5.74) is 0.0773. The maximum absolute atomic E-state index is 13.3. The van der Waals surface area contributed by atoms with Crippen LogP contribution in [-0.4, -0.2) is 11.1 Å². The average molecular weight is 264 g/mol. The van der Waals surface area contributed by atoms with Gasteiger partial charge >= 0.3 is 5.97 Å². The summed E-state index contributed by atoms with van der Waals surface area (Å²) in [6.45, 7) is -0.222.